The molecule has 0 bridgehead atoms. The second-order valence-corrected chi connectivity index (χ2v) is 10.8. The third-order valence-corrected chi connectivity index (χ3v) is 6.97. The Kier molecular flexibility index (Phi) is 6.75. The summed E-state index contributed by atoms with van der Waals surface area (Å²) in [5, 5.41) is 6.53. The van der Waals surface area contributed by atoms with Crippen molar-refractivity contribution in [1.29, 1.82) is 0 Å². The third kappa shape index (κ3) is 5.38. The van der Waals surface area contributed by atoms with Crippen LogP contribution in [0.4, 0.5) is 5.69 Å². The fourth-order valence-corrected chi connectivity index (χ4v) is 4.69. The SMILES string of the molecule is CC(C)(C)c1ccc(C=C2C(=O)N(c3ccccc3)N=C2C[S+]([O-])c2ccc(Cl)cc2)cc1. The van der Waals surface area contributed by atoms with Gasteiger partial charge < -0.3 is 4.55 Å². The molecule has 1 heterocycles. The molecular weight excluding hydrogens is 452 g/mol. The number of hydrazone groups is 1. The lowest BCUT2D eigenvalue weighted by molar-refractivity contribution is -0.114. The summed E-state index contributed by atoms with van der Waals surface area (Å²) >= 11 is 4.59. The first kappa shape index (κ1) is 23.3. The highest BCUT2D eigenvalue weighted by molar-refractivity contribution is 7.92. The number of halogens is 1. The fraction of sp³-hybridized carbons (Fsp3) is 0.185. The number of anilines is 1. The number of carbonyl (C=O) groups excluding carboxylic acids is 1. The molecular formula is C27H25ClN2O2S. The summed E-state index contributed by atoms with van der Waals surface area (Å²) in [6.45, 7) is 6.49. The van der Waals surface area contributed by atoms with Gasteiger partial charge in [0.05, 0.1) is 11.3 Å². The first-order valence-corrected chi connectivity index (χ1v) is 12.4. The van der Waals surface area contributed by atoms with Gasteiger partial charge in [-0.15, -0.1) is 0 Å². The van der Waals surface area contributed by atoms with Crippen LogP contribution < -0.4 is 5.01 Å². The van der Waals surface area contributed by atoms with Gasteiger partial charge in [-0.1, -0.05) is 74.8 Å². The molecule has 1 amide bonds. The predicted molar refractivity (Wildman–Crippen MR) is 137 cm³/mol. The van der Waals surface area contributed by atoms with Crippen molar-refractivity contribution in [2.24, 2.45) is 5.10 Å². The first-order chi connectivity index (χ1) is 15.7. The average Bonchev–Trinajstić information content (AvgIpc) is 3.09. The Morgan fingerprint density at radius 3 is 2.21 bits per heavy atom. The highest BCUT2D eigenvalue weighted by Gasteiger charge is 2.34. The lowest BCUT2D eigenvalue weighted by Crippen LogP contribution is -2.22. The smallest absolute Gasteiger partial charge is 0.280 e. The quantitative estimate of drug-likeness (QED) is 0.323. The van der Waals surface area contributed by atoms with Crippen molar-refractivity contribution in [1.82, 2.24) is 0 Å². The van der Waals surface area contributed by atoms with Crippen molar-refractivity contribution < 1.29 is 9.35 Å². The van der Waals surface area contributed by atoms with Crippen LogP contribution in [0.3, 0.4) is 0 Å². The van der Waals surface area contributed by atoms with Crippen LogP contribution in [0.2, 0.25) is 5.02 Å². The van der Waals surface area contributed by atoms with Gasteiger partial charge in [0.25, 0.3) is 5.91 Å². The van der Waals surface area contributed by atoms with E-state index in [1.54, 1.807) is 24.3 Å². The van der Waals surface area contributed by atoms with E-state index in [-0.39, 0.29) is 17.1 Å². The zero-order chi connectivity index (χ0) is 23.6. The van der Waals surface area contributed by atoms with Gasteiger partial charge in [-0.25, -0.2) is 0 Å². The first-order valence-electron chi connectivity index (χ1n) is 10.7. The van der Waals surface area contributed by atoms with E-state index in [4.69, 9.17) is 11.6 Å². The van der Waals surface area contributed by atoms with Gasteiger partial charge in [0.1, 0.15) is 5.71 Å². The van der Waals surface area contributed by atoms with Crippen LogP contribution in [0.1, 0.15) is 31.9 Å². The third-order valence-electron chi connectivity index (χ3n) is 5.39. The van der Waals surface area contributed by atoms with Gasteiger partial charge in [0.2, 0.25) is 0 Å². The second-order valence-electron chi connectivity index (χ2n) is 8.87. The van der Waals surface area contributed by atoms with E-state index in [0.717, 1.165) is 5.56 Å². The van der Waals surface area contributed by atoms with Gasteiger partial charge in [-0.05, 0) is 70.2 Å². The second kappa shape index (κ2) is 9.56. The highest BCUT2D eigenvalue weighted by atomic mass is 35.5. The number of hydrogen-bond acceptors (Lipinski definition) is 3. The monoisotopic (exact) mass is 476 g/mol. The molecule has 1 aliphatic rings. The van der Waals surface area contributed by atoms with Crippen molar-refractivity contribution in [2.45, 2.75) is 31.1 Å². The minimum atomic E-state index is -1.37. The molecule has 4 rings (SSSR count). The lowest BCUT2D eigenvalue weighted by Gasteiger charge is -2.18. The summed E-state index contributed by atoms with van der Waals surface area (Å²) in [5.74, 6) is -0.105. The summed E-state index contributed by atoms with van der Waals surface area (Å²) < 4.78 is 13.0. The minimum absolute atomic E-state index is 0.0427. The van der Waals surface area contributed by atoms with Crippen molar-refractivity contribution >= 4 is 46.2 Å². The van der Waals surface area contributed by atoms with Crippen molar-refractivity contribution in [2.75, 3.05) is 10.8 Å². The van der Waals surface area contributed by atoms with Crippen LogP contribution in [-0.2, 0) is 21.4 Å². The maximum atomic E-state index is 13.3. The van der Waals surface area contributed by atoms with E-state index < -0.39 is 11.2 Å². The normalized spacial score (nSPS) is 16.3. The number of hydrogen-bond donors (Lipinski definition) is 0. The molecule has 1 unspecified atom stereocenters. The molecule has 1 atom stereocenters. The Morgan fingerprint density at radius 1 is 0.970 bits per heavy atom. The standard InChI is InChI=1S/C27H25ClN2O2S/c1-27(2,3)20-11-9-19(10-12-20)17-24-25(18-33(32)23-15-13-21(28)14-16-23)29-30(26(24)31)22-7-5-4-6-8-22/h4-17H,18H2,1-3H3. The van der Waals surface area contributed by atoms with Gasteiger partial charge in [-0.3, -0.25) is 4.79 Å². The Hall–Kier alpha value is -2.86. The summed E-state index contributed by atoms with van der Waals surface area (Å²) in [6, 6.07) is 24.3. The lowest BCUT2D eigenvalue weighted by atomic mass is 9.86. The maximum Gasteiger partial charge on any atom is 0.280 e. The molecule has 0 saturated heterocycles. The van der Waals surface area contributed by atoms with Crippen molar-refractivity contribution in [3.8, 4) is 0 Å². The minimum Gasteiger partial charge on any atom is -0.611 e. The molecule has 3 aromatic rings. The van der Waals surface area contributed by atoms with E-state index >= 15 is 0 Å². The van der Waals surface area contributed by atoms with Gasteiger partial charge >= 0.3 is 0 Å². The van der Waals surface area contributed by atoms with Crippen LogP contribution in [0.15, 0.2) is 94.4 Å². The molecule has 168 valence electrons. The number of para-hydroxylation sites is 1. The van der Waals surface area contributed by atoms with Crippen LogP contribution in [0.25, 0.3) is 6.08 Å². The molecule has 3 aromatic carbocycles. The van der Waals surface area contributed by atoms with Crippen LogP contribution in [0.5, 0.6) is 0 Å². The number of benzene rings is 3. The summed E-state index contributed by atoms with van der Waals surface area (Å²) in [7, 11) is 0. The molecule has 0 aliphatic carbocycles. The Labute approximate surface area is 202 Å². The Morgan fingerprint density at radius 2 is 1.61 bits per heavy atom. The van der Waals surface area contributed by atoms with Crippen LogP contribution in [0, 0.1) is 0 Å². The molecule has 33 heavy (non-hydrogen) atoms. The van der Waals surface area contributed by atoms with Crippen molar-refractivity contribution in [3.05, 3.63) is 101 Å². The number of carbonyl (C=O) groups is 1. The molecule has 0 fully saturated rings. The van der Waals surface area contributed by atoms with Gasteiger partial charge in [0.15, 0.2) is 10.6 Å². The topological polar surface area (TPSA) is 55.7 Å². The fourth-order valence-electron chi connectivity index (χ4n) is 3.49. The molecule has 0 radical (unpaired) electrons. The molecule has 4 nitrogen and oxygen atoms in total. The highest BCUT2D eigenvalue weighted by Crippen LogP contribution is 2.28. The van der Waals surface area contributed by atoms with Crippen LogP contribution in [-0.4, -0.2) is 21.9 Å². The number of amides is 1. The number of nitrogens with zero attached hydrogens (tertiary/aromatic N) is 2. The summed E-state index contributed by atoms with van der Waals surface area (Å²) in [4.78, 5) is 14.0. The number of rotatable bonds is 5. The summed E-state index contributed by atoms with van der Waals surface area (Å²) in [5.41, 5.74) is 3.77. The van der Waals surface area contributed by atoms with E-state index in [1.807, 2.05) is 48.5 Å². The molecule has 6 heteroatoms. The zero-order valence-electron chi connectivity index (χ0n) is 18.8. The van der Waals surface area contributed by atoms with E-state index in [9.17, 15) is 9.35 Å². The van der Waals surface area contributed by atoms with Crippen molar-refractivity contribution in [3.63, 3.8) is 0 Å². The zero-order valence-corrected chi connectivity index (χ0v) is 20.4. The Balaban J connectivity index is 1.68. The Bertz CT molecular complexity index is 1200. The molecule has 0 spiro atoms. The van der Waals surface area contributed by atoms with Gasteiger partial charge in [-0.2, -0.15) is 10.1 Å². The van der Waals surface area contributed by atoms with E-state index in [1.165, 1.54) is 10.6 Å². The molecule has 0 saturated carbocycles. The largest absolute Gasteiger partial charge is 0.611 e. The maximum absolute atomic E-state index is 13.3. The van der Waals surface area contributed by atoms with Gasteiger partial charge in [0, 0.05) is 5.02 Å². The molecule has 0 N–H and O–H groups in total. The summed E-state index contributed by atoms with van der Waals surface area (Å²) in [6.07, 6.45) is 1.83. The van der Waals surface area contributed by atoms with E-state index in [2.05, 4.69) is 38.0 Å². The average molecular weight is 477 g/mol. The predicted octanol–water partition coefficient (Wildman–Crippen LogP) is 6.23. The van der Waals surface area contributed by atoms with Crippen LogP contribution >= 0.6 is 11.6 Å². The molecule has 0 aromatic heterocycles. The van der Waals surface area contributed by atoms with E-state index in [0.29, 0.717) is 26.9 Å². The molecule has 1 aliphatic heterocycles.